The van der Waals surface area contributed by atoms with E-state index in [1.54, 1.807) is 6.92 Å². The Hall–Kier alpha value is -1.77. The molecule has 1 saturated heterocycles. The third-order valence-electron chi connectivity index (χ3n) is 4.23. The van der Waals surface area contributed by atoms with E-state index in [0.717, 1.165) is 6.07 Å². The fourth-order valence-corrected chi connectivity index (χ4v) is 2.69. The van der Waals surface area contributed by atoms with Crippen molar-refractivity contribution in [1.29, 1.82) is 0 Å². The van der Waals surface area contributed by atoms with E-state index < -0.39 is 46.7 Å². The lowest BCUT2D eigenvalue weighted by molar-refractivity contribution is -0.242. The zero-order chi connectivity index (χ0) is 19.7. The van der Waals surface area contributed by atoms with Crippen LogP contribution in [0.4, 0.5) is 26.3 Å². The van der Waals surface area contributed by atoms with Crippen molar-refractivity contribution in [3.8, 4) is 5.75 Å². The molecule has 0 aromatic heterocycles. The van der Waals surface area contributed by atoms with Crippen LogP contribution in [0.5, 0.6) is 5.75 Å². The summed E-state index contributed by atoms with van der Waals surface area (Å²) in [7, 11) is 0. The Morgan fingerprint density at radius 3 is 2.38 bits per heavy atom. The van der Waals surface area contributed by atoms with Gasteiger partial charge in [-0.2, -0.15) is 22.0 Å². The summed E-state index contributed by atoms with van der Waals surface area (Å²) in [6.07, 6.45) is -9.47. The summed E-state index contributed by atoms with van der Waals surface area (Å²) in [5.41, 5.74) is -2.83. The van der Waals surface area contributed by atoms with Gasteiger partial charge < -0.3 is 9.47 Å². The average molecular weight is 384 g/mol. The van der Waals surface area contributed by atoms with Crippen LogP contribution >= 0.6 is 0 Å². The van der Waals surface area contributed by atoms with Crippen molar-refractivity contribution in [2.45, 2.75) is 51.5 Å². The second-order valence-corrected chi connectivity index (χ2v) is 6.16. The van der Waals surface area contributed by atoms with Crippen LogP contribution in [0.2, 0.25) is 0 Å². The number of benzene rings is 1. The van der Waals surface area contributed by atoms with Crippen LogP contribution in [0, 0.1) is 11.7 Å². The summed E-state index contributed by atoms with van der Waals surface area (Å²) < 4.78 is 91.9. The van der Waals surface area contributed by atoms with E-state index in [4.69, 9.17) is 4.74 Å². The molecule has 0 amide bonds. The maximum atomic E-state index is 14.3. The Kier molecular flexibility index (Phi) is 5.89. The van der Waals surface area contributed by atoms with Gasteiger partial charge in [-0.05, 0) is 31.9 Å². The van der Waals surface area contributed by atoms with Gasteiger partial charge in [0.1, 0.15) is 17.1 Å². The highest BCUT2D eigenvalue weighted by atomic mass is 19.4. The highest BCUT2D eigenvalue weighted by molar-refractivity contribution is 5.96. The van der Waals surface area contributed by atoms with E-state index in [1.165, 1.54) is 6.92 Å². The molecule has 1 aromatic rings. The molecule has 0 radical (unpaired) electrons. The van der Waals surface area contributed by atoms with Gasteiger partial charge in [0.15, 0.2) is 5.78 Å². The number of rotatable bonds is 5. The minimum Gasteiger partial charge on any atom is -0.432 e. The fraction of sp³-hybridized carbons (Fsp3) is 0.588. The van der Waals surface area contributed by atoms with Gasteiger partial charge in [0.2, 0.25) is 0 Å². The minimum absolute atomic E-state index is 0.00952. The van der Waals surface area contributed by atoms with Crippen LogP contribution < -0.4 is 4.74 Å². The molecular weight excluding hydrogens is 366 g/mol. The zero-order valence-electron chi connectivity index (χ0n) is 14.1. The van der Waals surface area contributed by atoms with Crippen LogP contribution in [-0.4, -0.2) is 24.6 Å². The predicted molar refractivity (Wildman–Crippen MR) is 79.7 cm³/mol. The lowest BCUT2D eigenvalue weighted by atomic mass is 9.97. The summed E-state index contributed by atoms with van der Waals surface area (Å²) in [5, 5.41) is 0. The molecular formula is C17H18F6O3. The van der Waals surface area contributed by atoms with Crippen molar-refractivity contribution in [3.63, 3.8) is 0 Å². The standard InChI is InChI=1S/C17H18F6O3/c1-3-12(24)11-6-7-13(14(15(11)18)16(19,20)21)26-17(22,23)10-5-4-9(2)25-8-10/h6-7,9-10H,3-5,8H2,1-2H3. The maximum absolute atomic E-state index is 14.3. The van der Waals surface area contributed by atoms with Crippen LogP contribution in [0.15, 0.2) is 12.1 Å². The topological polar surface area (TPSA) is 35.5 Å². The van der Waals surface area contributed by atoms with E-state index in [-0.39, 0.29) is 25.6 Å². The number of ether oxygens (including phenoxy) is 2. The highest BCUT2D eigenvalue weighted by Gasteiger charge is 2.47. The monoisotopic (exact) mass is 384 g/mol. The number of ketones is 1. The molecule has 146 valence electrons. The third kappa shape index (κ3) is 4.31. The molecule has 1 fully saturated rings. The van der Waals surface area contributed by atoms with Crippen molar-refractivity contribution < 1.29 is 40.6 Å². The van der Waals surface area contributed by atoms with Gasteiger partial charge in [-0.1, -0.05) is 6.92 Å². The van der Waals surface area contributed by atoms with E-state index >= 15 is 0 Å². The van der Waals surface area contributed by atoms with E-state index in [1.807, 2.05) is 0 Å². The fourth-order valence-electron chi connectivity index (χ4n) is 2.69. The summed E-state index contributed by atoms with van der Waals surface area (Å²) >= 11 is 0. The third-order valence-corrected chi connectivity index (χ3v) is 4.23. The Balaban J connectivity index is 2.39. The van der Waals surface area contributed by atoms with Crippen LogP contribution in [0.1, 0.15) is 49.0 Å². The van der Waals surface area contributed by atoms with Crippen molar-refractivity contribution in [3.05, 3.63) is 29.1 Å². The molecule has 1 heterocycles. The smallest absolute Gasteiger partial charge is 0.422 e. The Morgan fingerprint density at radius 2 is 1.88 bits per heavy atom. The second-order valence-electron chi connectivity index (χ2n) is 6.16. The van der Waals surface area contributed by atoms with Crippen LogP contribution in [0.25, 0.3) is 0 Å². The summed E-state index contributed by atoms with van der Waals surface area (Å²) in [6, 6.07) is 1.27. The van der Waals surface area contributed by atoms with Gasteiger partial charge in [-0.15, -0.1) is 0 Å². The molecule has 2 unspecified atom stereocenters. The molecule has 3 nitrogen and oxygen atoms in total. The van der Waals surface area contributed by atoms with Gasteiger partial charge in [-0.25, -0.2) is 4.39 Å². The Bertz CT molecular complexity index is 663. The van der Waals surface area contributed by atoms with Crippen molar-refractivity contribution in [2.24, 2.45) is 5.92 Å². The number of hydrogen-bond donors (Lipinski definition) is 0. The molecule has 1 aliphatic heterocycles. The van der Waals surface area contributed by atoms with Gasteiger partial charge in [0, 0.05) is 6.42 Å². The lowest BCUT2D eigenvalue weighted by Crippen LogP contribution is -2.41. The van der Waals surface area contributed by atoms with E-state index in [0.29, 0.717) is 12.5 Å². The van der Waals surface area contributed by atoms with Crippen molar-refractivity contribution in [2.75, 3.05) is 6.61 Å². The molecule has 0 aliphatic carbocycles. The molecule has 0 spiro atoms. The first kappa shape index (κ1) is 20.5. The number of Topliss-reactive ketones (excluding diaryl/α,β-unsaturated/α-hetero) is 1. The Morgan fingerprint density at radius 1 is 1.23 bits per heavy atom. The van der Waals surface area contributed by atoms with Gasteiger partial charge in [-0.3, -0.25) is 4.79 Å². The molecule has 2 rings (SSSR count). The predicted octanol–water partition coefficient (Wildman–Crippen LogP) is 5.22. The van der Waals surface area contributed by atoms with Crippen LogP contribution in [-0.2, 0) is 10.9 Å². The molecule has 0 saturated carbocycles. The van der Waals surface area contributed by atoms with E-state index in [2.05, 4.69) is 4.74 Å². The SMILES string of the molecule is CCC(=O)c1ccc(OC(F)(F)C2CCC(C)OC2)c(C(F)(F)F)c1F. The number of carbonyl (C=O) groups is 1. The average Bonchev–Trinajstić information content (AvgIpc) is 2.53. The summed E-state index contributed by atoms with van der Waals surface area (Å²) in [4.78, 5) is 11.6. The van der Waals surface area contributed by atoms with Gasteiger partial charge in [0.05, 0.1) is 24.2 Å². The molecule has 0 bridgehead atoms. The molecule has 9 heteroatoms. The summed E-state index contributed by atoms with van der Waals surface area (Å²) in [6.45, 7) is 2.65. The van der Waals surface area contributed by atoms with Gasteiger partial charge in [0.25, 0.3) is 0 Å². The zero-order valence-corrected chi connectivity index (χ0v) is 14.1. The Labute approximate surface area is 146 Å². The number of carbonyl (C=O) groups excluding carboxylic acids is 1. The molecule has 2 atom stereocenters. The first-order valence-electron chi connectivity index (χ1n) is 8.08. The molecule has 1 aromatic carbocycles. The maximum Gasteiger partial charge on any atom is 0.422 e. The normalized spacial score (nSPS) is 21.5. The van der Waals surface area contributed by atoms with E-state index in [9.17, 15) is 31.1 Å². The molecule has 1 aliphatic rings. The van der Waals surface area contributed by atoms with Gasteiger partial charge >= 0.3 is 12.3 Å². The minimum atomic E-state index is -5.31. The van der Waals surface area contributed by atoms with Crippen molar-refractivity contribution >= 4 is 5.78 Å². The number of alkyl halides is 5. The van der Waals surface area contributed by atoms with Crippen molar-refractivity contribution in [1.82, 2.24) is 0 Å². The summed E-state index contributed by atoms with van der Waals surface area (Å²) in [5.74, 6) is -5.60. The quantitative estimate of drug-likeness (QED) is 0.516. The van der Waals surface area contributed by atoms with Crippen LogP contribution in [0.3, 0.4) is 0 Å². The lowest BCUT2D eigenvalue weighted by Gasteiger charge is -2.32. The largest absolute Gasteiger partial charge is 0.432 e. The second kappa shape index (κ2) is 7.46. The highest BCUT2D eigenvalue weighted by Crippen LogP contribution is 2.43. The molecule has 26 heavy (non-hydrogen) atoms. The number of hydrogen-bond acceptors (Lipinski definition) is 3. The number of halogens is 6. The first-order chi connectivity index (χ1) is 12.0. The first-order valence-corrected chi connectivity index (χ1v) is 8.08. The molecule has 0 N–H and O–H groups in total.